The number of halogens is 1. The summed E-state index contributed by atoms with van der Waals surface area (Å²) in [4.78, 5) is 14.6. The molecule has 0 spiro atoms. The van der Waals surface area contributed by atoms with Gasteiger partial charge in [0.05, 0.1) is 0 Å². The van der Waals surface area contributed by atoms with Gasteiger partial charge in [-0.15, -0.1) is 0 Å². The van der Waals surface area contributed by atoms with Crippen molar-refractivity contribution in [3.63, 3.8) is 0 Å². The quantitative estimate of drug-likeness (QED) is 0.707. The van der Waals surface area contributed by atoms with Gasteiger partial charge in [0, 0.05) is 24.3 Å². The van der Waals surface area contributed by atoms with Crippen LogP contribution in [0.2, 0.25) is 0 Å². The van der Waals surface area contributed by atoms with E-state index in [0.29, 0.717) is 5.91 Å². The van der Waals surface area contributed by atoms with E-state index in [0.717, 1.165) is 31.3 Å². The Kier molecular flexibility index (Phi) is 5.98. The first-order valence-corrected chi connectivity index (χ1v) is 8.00. The SMILES string of the molecule is CCN(CCCBr)C(=O)C1CCCCC1(C)C. The maximum absolute atomic E-state index is 12.6. The fraction of sp³-hybridized carbons (Fsp3) is 0.929. The first-order valence-electron chi connectivity index (χ1n) is 6.87. The molecule has 0 aliphatic heterocycles. The molecule has 100 valence electrons. The number of hydrogen-bond donors (Lipinski definition) is 0. The number of rotatable bonds is 5. The van der Waals surface area contributed by atoms with Crippen molar-refractivity contribution >= 4 is 21.8 Å². The number of nitrogens with zero attached hydrogens (tertiary/aromatic N) is 1. The third kappa shape index (κ3) is 3.97. The third-order valence-corrected chi connectivity index (χ3v) is 4.62. The van der Waals surface area contributed by atoms with Gasteiger partial charge in [0.25, 0.3) is 0 Å². The lowest BCUT2D eigenvalue weighted by Crippen LogP contribution is -2.44. The number of carbonyl (C=O) groups is 1. The molecule has 1 aliphatic rings. The van der Waals surface area contributed by atoms with Crippen molar-refractivity contribution < 1.29 is 4.79 Å². The Bertz CT molecular complexity index is 253. The van der Waals surface area contributed by atoms with Gasteiger partial charge in [0.1, 0.15) is 0 Å². The topological polar surface area (TPSA) is 20.3 Å². The lowest BCUT2D eigenvalue weighted by Gasteiger charge is -2.40. The fourth-order valence-corrected chi connectivity index (χ4v) is 3.10. The zero-order chi connectivity index (χ0) is 12.9. The van der Waals surface area contributed by atoms with E-state index in [1.807, 2.05) is 4.90 Å². The minimum atomic E-state index is 0.192. The molecular weight excluding hydrogens is 278 g/mol. The molecule has 1 saturated carbocycles. The Morgan fingerprint density at radius 3 is 2.65 bits per heavy atom. The van der Waals surface area contributed by atoms with Crippen molar-refractivity contribution in [2.24, 2.45) is 11.3 Å². The van der Waals surface area contributed by atoms with Crippen LogP contribution in [0.3, 0.4) is 0 Å². The molecule has 1 amide bonds. The molecule has 1 unspecified atom stereocenters. The monoisotopic (exact) mass is 303 g/mol. The summed E-state index contributed by atoms with van der Waals surface area (Å²) >= 11 is 3.44. The molecule has 3 heteroatoms. The summed E-state index contributed by atoms with van der Waals surface area (Å²) in [5, 5.41) is 0.977. The summed E-state index contributed by atoms with van der Waals surface area (Å²) in [7, 11) is 0. The van der Waals surface area contributed by atoms with Crippen molar-refractivity contribution in [2.45, 2.75) is 52.9 Å². The minimum Gasteiger partial charge on any atom is -0.343 e. The van der Waals surface area contributed by atoms with Gasteiger partial charge >= 0.3 is 0 Å². The number of carbonyl (C=O) groups excluding carboxylic acids is 1. The highest BCUT2D eigenvalue weighted by molar-refractivity contribution is 9.09. The molecule has 0 heterocycles. The van der Waals surface area contributed by atoms with Gasteiger partial charge in [-0.2, -0.15) is 0 Å². The Morgan fingerprint density at radius 2 is 2.12 bits per heavy atom. The fourth-order valence-electron chi connectivity index (χ4n) is 2.85. The molecule has 1 aliphatic carbocycles. The normalized spacial score (nSPS) is 23.4. The average molecular weight is 304 g/mol. The summed E-state index contributed by atoms with van der Waals surface area (Å²) in [5.74, 6) is 0.629. The zero-order valence-electron chi connectivity index (χ0n) is 11.5. The van der Waals surface area contributed by atoms with E-state index in [2.05, 4.69) is 36.7 Å². The molecule has 17 heavy (non-hydrogen) atoms. The number of amides is 1. The molecule has 0 N–H and O–H groups in total. The summed E-state index contributed by atoms with van der Waals surface area (Å²) in [6, 6.07) is 0. The first-order chi connectivity index (χ1) is 8.03. The summed E-state index contributed by atoms with van der Waals surface area (Å²) in [6.45, 7) is 8.34. The molecule has 2 nitrogen and oxygen atoms in total. The predicted molar refractivity (Wildman–Crippen MR) is 76.4 cm³/mol. The summed E-state index contributed by atoms with van der Waals surface area (Å²) in [6.07, 6.45) is 5.82. The molecular formula is C14H26BrNO. The molecule has 0 saturated heterocycles. The van der Waals surface area contributed by atoms with Gasteiger partial charge in [-0.25, -0.2) is 0 Å². The third-order valence-electron chi connectivity index (χ3n) is 4.06. The van der Waals surface area contributed by atoms with E-state index < -0.39 is 0 Å². The lowest BCUT2D eigenvalue weighted by atomic mass is 9.68. The Labute approximate surface area is 114 Å². The standard InChI is InChI=1S/C14H26BrNO/c1-4-16(11-7-10-15)13(17)12-8-5-6-9-14(12,2)3/h12H,4-11H2,1-3H3. The van der Waals surface area contributed by atoms with E-state index in [1.54, 1.807) is 0 Å². The highest BCUT2D eigenvalue weighted by Crippen LogP contribution is 2.41. The molecule has 0 aromatic heterocycles. The van der Waals surface area contributed by atoms with Crippen molar-refractivity contribution in [2.75, 3.05) is 18.4 Å². The van der Waals surface area contributed by atoms with E-state index in [-0.39, 0.29) is 11.3 Å². The van der Waals surface area contributed by atoms with Crippen LogP contribution in [0.1, 0.15) is 52.9 Å². The van der Waals surface area contributed by atoms with E-state index in [4.69, 9.17) is 0 Å². The van der Waals surface area contributed by atoms with E-state index in [9.17, 15) is 4.79 Å². The molecule has 0 bridgehead atoms. The van der Waals surface area contributed by atoms with Crippen LogP contribution in [-0.4, -0.2) is 29.2 Å². The van der Waals surface area contributed by atoms with Crippen LogP contribution in [0.15, 0.2) is 0 Å². The second kappa shape index (κ2) is 6.77. The first kappa shape index (κ1) is 15.0. The van der Waals surface area contributed by atoms with Crippen molar-refractivity contribution in [3.05, 3.63) is 0 Å². The van der Waals surface area contributed by atoms with Gasteiger partial charge < -0.3 is 4.90 Å². The largest absolute Gasteiger partial charge is 0.343 e. The van der Waals surface area contributed by atoms with Crippen LogP contribution in [-0.2, 0) is 4.79 Å². The second-order valence-corrected chi connectivity index (χ2v) is 6.54. The van der Waals surface area contributed by atoms with Gasteiger partial charge in [-0.1, -0.05) is 42.6 Å². The molecule has 0 aromatic carbocycles. The van der Waals surface area contributed by atoms with E-state index in [1.165, 1.54) is 19.3 Å². The predicted octanol–water partition coefficient (Wildman–Crippen LogP) is 3.84. The van der Waals surface area contributed by atoms with Crippen molar-refractivity contribution in [1.29, 1.82) is 0 Å². The Balaban J connectivity index is 2.65. The molecule has 0 radical (unpaired) electrons. The number of alkyl halides is 1. The van der Waals surface area contributed by atoms with Crippen molar-refractivity contribution in [1.82, 2.24) is 4.90 Å². The molecule has 1 rings (SSSR count). The average Bonchev–Trinajstić information content (AvgIpc) is 2.29. The number of hydrogen-bond acceptors (Lipinski definition) is 1. The Hall–Kier alpha value is -0.0500. The van der Waals surface area contributed by atoms with Gasteiger partial charge in [0.15, 0.2) is 0 Å². The van der Waals surface area contributed by atoms with Crippen LogP contribution in [0, 0.1) is 11.3 Å². The smallest absolute Gasteiger partial charge is 0.226 e. The molecule has 1 atom stereocenters. The molecule has 1 fully saturated rings. The van der Waals surface area contributed by atoms with Crippen LogP contribution >= 0.6 is 15.9 Å². The molecule has 0 aromatic rings. The summed E-state index contributed by atoms with van der Waals surface area (Å²) in [5.41, 5.74) is 0.192. The highest BCUT2D eigenvalue weighted by atomic mass is 79.9. The minimum absolute atomic E-state index is 0.192. The van der Waals surface area contributed by atoms with Crippen LogP contribution in [0.4, 0.5) is 0 Å². The van der Waals surface area contributed by atoms with Crippen LogP contribution in [0.5, 0.6) is 0 Å². The Morgan fingerprint density at radius 1 is 1.41 bits per heavy atom. The lowest BCUT2D eigenvalue weighted by molar-refractivity contribution is -0.141. The summed E-state index contributed by atoms with van der Waals surface area (Å²) < 4.78 is 0. The van der Waals surface area contributed by atoms with Crippen LogP contribution in [0.25, 0.3) is 0 Å². The zero-order valence-corrected chi connectivity index (χ0v) is 13.1. The van der Waals surface area contributed by atoms with Gasteiger partial charge in [0.2, 0.25) is 5.91 Å². The van der Waals surface area contributed by atoms with Gasteiger partial charge in [-0.3, -0.25) is 4.79 Å². The highest BCUT2D eigenvalue weighted by Gasteiger charge is 2.38. The van der Waals surface area contributed by atoms with Crippen LogP contribution < -0.4 is 0 Å². The van der Waals surface area contributed by atoms with E-state index >= 15 is 0 Å². The van der Waals surface area contributed by atoms with Gasteiger partial charge in [-0.05, 0) is 31.6 Å². The maximum Gasteiger partial charge on any atom is 0.226 e. The van der Waals surface area contributed by atoms with Crippen molar-refractivity contribution in [3.8, 4) is 0 Å². The second-order valence-electron chi connectivity index (χ2n) is 5.75. The maximum atomic E-state index is 12.6.